The van der Waals surface area contributed by atoms with Gasteiger partial charge in [0.1, 0.15) is 18.0 Å². The van der Waals surface area contributed by atoms with Crippen LogP contribution in [-0.2, 0) is 6.54 Å². The molecule has 5 nitrogen and oxygen atoms in total. The molecule has 5 heteroatoms. The summed E-state index contributed by atoms with van der Waals surface area (Å²) in [6.45, 7) is 9.02. The zero-order chi connectivity index (χ0) is 15.7. The van der Waals surface area contributed by atoms with Gasteiger partial charge in [-0.3, -0.25) is 0 Å². The summed E-state index contributed by atoms with van der Waals surface area (Å²) >= 11 is 0. The monoisotopic (exact) mass is 295 g/mol. The number of H-pyrrole nitrogens is 1. The van der Waals surface area contributed by atoms with Crippen LogP contribution in [0.5, 0.6) is 0 Å². The first-order chi connectivity index (χ1) is 10.5. The highest BCUT2D eigenvalue weighted by Crippen LogP contribution is 2.24. The molecule has 3 aromatic rings. The van der Waals surface area contributed by atoms with Crippen LogP contribution < -0.4 is 5.32 Å². The Balaban J connectivity index is 1.90. The van der Waals surface area contributed by atoms with Gasteiger partial charge >= 0.3 is 0 Å². The Morgan fingerprint density at radius 2 is 2.00 bits per heavy atom. The van der Waals surface area contributed by atoms with Gasteiger partial charge in [-0.2, -0.15) is 0 Å². The Morgan fingerprint density at radius 3 is 2.68 bits per heavy atom. The minimum atomic E-state index is 0.479. The van der Waals surface area contributed by atoms with Crippen molar-refractivity contribution in [3.8, 4) is 0 Å². The second-order valence-electron chi connectivity index (χ2n) is 5.90. The van der Waals surface area contributed by atoms with Crippen LogP contribution in [-0.4, -0.2) is 19.9 Å². The van der Waals surface area contributed by atoms with Crippen molar-refractivity contribution >= 4 is 16.7 Å². The number of hydrogen-bond donors (Lipinski definition) is 2. The highest BCUT2D eigenvalue weighted by molar-refractivity contribution is 5.89. The first-order valence-corrected chi connectivity index (χ1v) is 7.55. The number of nitrogens with zero attached hydrogens (tertiary/aromatic N) is 3. The maximum Gasteiger partial charge on any atom is 0.137 e. The molecule has 0 aliphatic carbocycles. The fourth-order valence-corrected chi connectivity index (χ4v) is 2.45. The predicted molar refractivity (Wildman–Crippen MR) is 89.0 cm³/mol. The quantitative estimate of drug-likeness (QED) is 0.770. The molecule has 0 fully saturated rings. The molecule has 0 amide bonds. The van der Waals surface area contributed by atoms with E-state index in [0.717, 1.165) is 33.9 Å². The summed E-state index contributed by atoms with van der Waals surface area (Å²) in [5.41, 5.74) is 4.38. The number of nitrogens with one attached hydrogen (secondary N) is 2. The fraction of sp³-hybridized carbons (Fsp3) is 0.353. The molecule has 0 bridgehead atoms. The van der Waals surface area contributed by atoms with Gasteiger partial charge in [-0.05, 0) is 37.5 Å². The second-order valence-corrected chi connectivity index (χ2v) is 5.90. The normalized spacial score (nSPS) is 11.3. The molecule has 2 heterocycles. The minimum Gasteiger partial charge on any atom is -0.362 e. The minimum absolute atomic E-state index is 0.479. The van der Waals surface area contributed by atoms with Crippen LogP contribution in [0.3, 0.4) is 0 Å². The van der Waals surface area contributed by atoms with Crippen molar-refractivity contribution in [2.24, 2.45) is 0 Å². The third-order valence-corrected chi connectivity index (χ3v) is 3.93. The van der Waals surface area contributed by atoms with E-state index in [1.165, 1.54) is 5.56 Å². The average molecular weight is 295 g/mol. The topological polar surface area (TPSA) is 66.5 Å². The van der Waals surface area contributed by atoms with E-state index in [1.54, 1.807) is 6.33 Å². The summed E-state index contributed by atoms with van der Waals surface area (Å²) in [6.07, 6.45) is 1.60. The SMILES string of the molecule is Cc1nc(CNc2ncnc3ccc(C(C)C)cc23)[nH]c1C. The van der Waals surface area contributed by atoms with Crippen molar-refractivity contribution in [1.82, 2.24) is 19.9 Å². The lowest BCUT2D eigenvalue weighted by Gasteiger charge is -2.10. The van der Waals surface area contributed by atoms with Crippen LogP contribution in [0.15, 0.2) is 24.5 Å². The summed E-state index contributed by atoms with van der Waals surface area (Å²) in [6, 6.07) is 6.35. The summed E-state index contributed by atoms with van der Waals surface area (Å²) in [7, 11) is 0. The Morgan fingerprint density at radius 1 is 1.18 bits per heavy atom. The Labute approximate surface area is 130 Å². The molecule has 0 radical (unpaired) electrons. The smallest absolute Gasteiger partial charge is 0.137 e. The lowest BCUT2D eigenvalue weighted by molar-refractivity contribution is 0.868. The van der Waals surface area contributed by atoms with E-state index < -0.39 is 0 Å². The molecule has 0 saturated heterocycles. The molecule has 0 aliphatic rings. The van der Waals surface area contributed by atoms with E-state index in [4.69, 9.17) is 0 Å². The zero-order valence-corrected chi connectivity index (χ0v) is 13.4. The molecule has 0 saturated carbocycles. The molecule has 3 rings (SSSR count). The summed E-state index contributed by atoms with van der Waals surface area (Å²) in [4.78, 5) is 16.5. The van der Waals surface area contributed by atoms with Crippen LogP contribution in [0, 0.1) is 13.8 Å². The molecule has 0 atom stereocenters. The number of hydrogen-bond acceptors (Lipinski definition) is 4. The van der Waals surface area contributed by atoms with Gasteiger partial charge in [0.25, 0.3) is 0 Å². The van der Waals surface area contributed by atoms with E-state index in [0.29, 0.717) is 12.5 Å². The van der Waals surface area contributed by atoms with Crippen molar-refractivity contribution in [1.29, 1.82) is 0 Å². The largest absolute Gasteiger partial charge is 0.362 e. The Kier molecular flexibility index (Phi) is 3.79. The Hall–Kier alpha value is -2.43. The van der Waals surface area contributed by atoms with Crippen molar-refractivity contribution in [2.75, 3.05) is 5.32 Å². The van der Waals surface area contributed by atoms with Crippen LogP contribution in [0.25, 0.3) is 10.9 Å². The average Bonchev–Trinajstić information content (AvgIpc) is 2.83. The molecular weight excluding hydrogens is 274 g/mol. The van der Waals surface area contributed by atoms with Gasteiger partial charge in [-0.15, -0.1) is 0 Å². The molecule has 0 aliphatic heterocycles. The van der Waals surface area contributed by atoms with Crippen molar-refractivity contribution in [3.63, 3.8) is 0 Å². The Bertz CT molecular complexity index is 784. The number of anilines is 1. The molecule has 22 heavy (non-hydrogen) atoms. The van der Waals surface area contributed by atoms with E-state index in [1.807, 2.05) is 13.8 Å². The summed E-state index contributed by atoms with van der Waals surface area (Å²) in [5, 5.41) is 4.42. The number of imidazole rings is 1. The van der Waals surface area contributed by atoms with Crippen LogP contribution >= 0.6 is 0 Å². The standard InChI is InChI=1S/C17H21N5/c1-10(2)13-5-6-15-14(7-13)17(20-9-19-15)18-8-16-21-11(3)12(4)22-16/h5-7,9-10H,8H2,1-4H3,(H,21,22)(H,18,19,20). The first-order valence-electron chi connectivity index (χ1n) is 7.55. The molecule has 0 unspecified atom stereocenters. The third kappa shape index (κ3) is 2.79. The first kappa shape index (κ1) is 14.5. The number of fused-ring (bicyclic) bond motifs is 1. The van der Waals surface area contributed by atoms with Gasteiger partial charge in [0.15, 0.2) is 0 Å². The molecule has 2 aromatic heterocycles. The van der Waals surface area contributed by atoms with E-state index in [2.05, 4.69) is 57.3 Å². The van der Waals surface area contributed by atoms with E-state index >= 15 is 0 Å². The highest BCUT2D eigenvalue weighted by atomic mass is 15.1. The molecule has 114 valence electrons. The highest BCUT2D eigenvalue weighted by Gasteiger charge is 2.08. The predicted octanol–water partition coefficient (Wildman–Crippen LogP) is 3.71. The van der Waals surface area contributed by atoms with Crippen molar-refractivity contribution < 1.29 is 0 Å². The zero-order valence-electron chi connectivity index (χ0n) is 13.4. The maximum absolute atomic E-state index is 4.49. The maximum atomic E-state index is 4.49. The number of aromatic amines is 1. The summed E-state index contributed by atoms with van der Waals surface area (Å²) < 4.78 is 0. The van der Waals surface area contributed by atoms with Crippen LogP contribution in [0.1, 0.15) is 42.5 Å². The summed E-state index contributed by atoms with van der Waals surface area (Å²) in [5.74, 6) is 2.24. The van der Waals surface area contributed by atoms with Gasteiger partial charge < -0.3 is 10.3 Å². The third-order valence-electron chi connectivity index (χ3n) is 3.93. The van der Waals surface area contributed by atoms with Gasteiger partial charge in [0, 0.05) is 11.1 Å². The second kappa shape index (κ2) is 5.75. The van der Waals surface area contributed by atoms with Crippen LogP contribution in [0.2, 0.25) is 0 Å². The number of benzene rings is 1. The lowest BCUT2D eigenvalue weighted by Crippen LogP contribution is -2.04. The van der Waals surface area contributed by atoms with E-state index in [-0.39, 0.29) is 0 Å². The molecular formula is C17H21N5. The van der Waals surface area contributed by atoms with Gasteiger partial charge in [-0.25, -0.2) is 15.0 Å². The van der Waals surface area contributed by atoms with Crippen LogP contribution in [0.4, 0.5) is 5.82 Å². The van der Waals surface area contributed by atoms with Crippen molar-refractivity contribution in [3.05, 3.63) is 47.3 Å². The van der Waals surface area contributed by atoms with Gasteiger partial charge in [-0.1, -0.05) is 19.9 Å². The number of rotatable bonds is 4. The van der Waals surface area contributed by atoms with Gasteiger partial charge in [0.2, 0.25) is 0 Å². The molecule has 0 spiro atoms. The fourth-order valence-electron chi connectivity index (χ4n) is 2.45. The van der Waals surface area contributed by atoms with Crippen molar-refractivity contribution in [2.45, 2.75) is 40.2 Å². The molecule has 2 N–H and O–H groups in total. The van der Waals surface area contributed by atoms with E-state index in [9.17, 15) is 0 Å². The molecule has 1 aromatic carbocycles. The van der Waals surface area contributed by atoms with Gasteiger partial charge in [0.05, 0.1) is 17.8 Å². The number of aryl methyl sites for hydroxylation is 2. The number of aromatic nitrogens is 4. The lowest BCUT2D eigenvalue weighted by atomic mass is 10.0.